The van der Waals surface area contributed by atoms with E-state index in [2.05, 4.69) is 20.8 Å². The monoisotopic (exact) mass is 306 g/mol. The van der Waals surface area contributed by atoms with Gasteiger partial charge in [-0.05, 0) is 59.7 Å². The molecule has 0 aromatic heterocycles. The minimum absolute atomic E-state index is 0.155. The van der Waals surface area contributed by atoms with Crippen molar-refractivity contribution in [2.75, 3.05) is 14.2 Å². The van der Waals surface area contributed by atoms with Crippen molar-refractivity contribution in [3.05, 3.63) is 0 Å². The molecule has 0 heterocycles. The maximum atomic E-state index is 12.4. The van der Waals surface area contributed by atoms with E-state index in [1.807, 2.05) is 0 Å². The molecule has 0 bridgehead atoms. The molecule has 0 aliphatic heterocycles. The molecule has 0 amide bonds. The highest BCUT2D eigenvalue weighted by Crippen LogP contribution is 2.94. The maximum Gasteiger partial charge on any atom is 0.323 e. The van der Waals surface area contributed by atoms with Gasteiger partial charge in [0.1, 0.15) is 0 Å². The lowest BCUT2D eigenvalue weighted by molar-refractivity contribution is -0.171. The molecule has 22 heavy (non-hydrogen) atoms. The van der Waals surface area contributed by atoms with E-state index < -0.39 is 17.4 Å². The lowest BCUT2D eigenvalue weighted by Gasteiger charge is -2.34. The zero-order chi connectivity index (χ0) is 16.1. The van der Waals surface area contributed by atoms with Crippen LogP contribution < -0.4 is 0 Å². The molecule has 4 fully saturated rings. The Hall–Kier alpha value is -1.06. The molecule has 1 spiro atoms. The molecule has 1 unspecified atom stereocenters. The first kappa shape index (κ1) is 14.5. The predicted octanol–water partition coefficient (Wildman–Crippen LogP) is 2.80. The fourth-order valence-corrected chi connectivity index (χ4v) is 7.18. The molecule has 0 radical (unpaired) electrons. The lowest BCUT2D eigenvalue weighted by atomic mass is 9.69. The average molecular weight is 306 g/mol. The number of esters is 2. The molecule has 5 atom stereocenters. The summed E-state index contributed by atoms with van der Waals surface area (Å²) >= 11 is 0. The Morgan fingerprint density at radius 1 is 1.05 bits per heavy atom. The molecule has 0 N–H and O–H groups in total. The van der Waals surface area contributed by atoms with Gasteiger partial charge in [0.25, 0.3) is 0 Å². The Morgan fingerprint density at radius 3 is 2.18 bits per heavy atom. The first-order chi connectivity index (χ1) is 10.2. The van der Waals surface area contributed by atoms with Crippen LogP contribution in [-0.2, 0) is 19.1 Å². The van der Waals surface area contributed by atoms with Gasteiger partial charge in [0.15, 0.2) is 5.41 Å². The average Bonchev–Trinajstić information content (AvgIpc) is 3.14. The van der Waals surface area contributed by atoms with Gasteiger partial charge in [-0.3, -0.25) is 9.59 Å². The zero-order valence-corrected chi connectivity index (χ0v) is 14.2. The number of carbonyl (C=O) groups is 2. The summed E-state index contributed by atoms with van der Waals surface area (Å²) < 4.78 is 10.00. The van der Waals surface area contributed by atoms with E-state index in [0.717, 1.165) is 5.92 Å². The minimum Gasteiger partial charge on any atom is -0.468 e. The molecule has 4 aliphatic rings. The van der Waals surface area contributed by atoms with Crippen LogP contribution in [-0.4, -0.2) is 26.2 Å². The summed E-state index contributed by atoms with van der Waals surface area (Å²) in [7, 11) is 2.75. The van der Waals surface area contributed by atoms with Crippen molar-refractivity contribution in [3.8, 4) is 0 Å². The third-order valence-electron chi connectivity index (χ3n) is 8.25. The third kappa shape index (κ3) is 1.21. The fourth-order valence-electron chi connectivity index (χ4n) is 7.18. The number of fused-ring (bicyclic) bond motifs is 2. The summed E-state index contributed by atoms with van der Waals surface area (Å²) in [6, 6.07) is 0. The number of ether oxygens (including phenoxy) is 2. The van der Waals surface area contributed by atoms with Crippen molar-refractivity contribution in [2.24, 2.45) is 39.4 Å². The van der Waals surface area contributed by atoms with Gasteiger partial charge in [-0.2, -0.15) is 0 Å². The van der Waals surface area contributed by atoms with Crippen molar-refractivity contribution in [1.82, 2.24) is 0 Å². The van der Waals surface area contributed by atoms with E-state index in [-0.39, 0.29) is 5.41 Å². The molecule has 0 aromatic rings. The second-order valence-corrected chi connectivity index (χ2v) is 8.90. The quantitative estimate of drug-likeness (QED) is 0.581. The summed E-state index contributed by atoms with van der Waals surface area (Å²) in [6.07, 6.45) is 3.78. The summed E-state index contributed by atoms with van der Waals surface area (Å²) in [5, 5.41) is 0. The second-order valence-electron chi connectivity index (χ2n) is 8.90. The van der Waals surface area contributed by atoms with Crippen LogP contribution in [0, 0.1) is 39.4 Å². The molecule has 0 aromatic carbocycles. The highest BCUT2D eigenvalue weighted by atomic mass is 16.5. The van der Waals surface area contributed by atoms with E-state index >= 15 is 0 Å². The highest BCUT2D eigenvalue weighted by molar-refractivity contribution is 6.01. The predicted molar refractivity (Wildman–Crippen MR) is 79.7 cm³/mol. The summed E-state index contributed by atoms with van der Waals surface area (Å²) in [6.45, 7) is 7.09. The van der Waals surface area contributed by atoms with Gasteiger partial charge < -0.3 is 9.47 Å². The first-order valence-corrected chi connectivity index (χ1v) is 8.39. The molecule has 4 aliphatic carbocycles. The summed E-state index contributed by atoms with van der Waals surface area (Å²) in [4.78, 5) is 24.9. The zero-order valence-electron chi connectivity index (χ0n) is 14.2. The molecular formula is C18H26O4. The van der Waals surface area contributed by atoms with Gasteiger partial charge in [-0.15, -0.1) is 0 Å². The Balaban J connectivity index is 1.74. The number of methoxy groups -OCH3 is 2. The smallest absolute Gasteiger partial charge is 0.323 e. The van der Waals surface area contributed by atoms with Gasteiger partial charge in [-0.25, -0.2) is 0 Å². The van der Waals surface area contributed by atoms with Crippen molar-refractivity contribution in [2.45, 2.75) is 46.5 Å². The van der Waals surface area contributed by atoms with Crippen LogP contribution in [0.5, 0.6) is 0 Å². The van der Waals surface area contributed by atoms with Crippen molar-refractivity contribution in [1.29, 1.82) is 0 Å². The fraction of sp³-hybridized carbons (Fsp3) is 0.889. The SMILES string of the molecule is COC(=O)C1(C(=O)OC)C[C@@H]2C3(C1)[C@H]1[C@@H](CC[C@@]23C)C1(C)C. The number of rotatable bonds is 2. The van der Waals surface area contributed by atoms with Crippen LogP contribution in [0.25, 0.3) is 0 Å². The van der Waals surface area contributed by atoms with E-state index in [0.29, 0.717) is 35.5 Å². The van der Waals surface area contributed by atoms with Crippen molar-refractivity contribution < 1.29 is 19.1 Å². The Bertz CT molecular complexity index is 564. The van der Waals surface area contributed by atoms with E-state index in [4.69, 9.17) is 9.47 Å². The van der Waals surface area contributed by atoms with E-state index in [9.17, 15) is 9.59 Å². The largest absolute Gasteiger partial charge is 0.468 e. The van der Waals surface area contributed by atoms with E-state index in [1.54, 1.807) is 0 Å². The van der Waals surface area contributed by atoms with Crippen LogP contribution in [0.2, 0.25) is 0 Å². The third-order valence-corrected chi connectivity index (χ3v) is 8.25. The van der Waals surface area contributed by atoms with Crippen LogP contribution in [0.3, 0.4) is 0 Å². The molecule has 122 valence electrons. The van der Waals surface area contributed by atoms with Crippen LogP contribution >= 0.6 is 0 Å². The molecular weight excluding hydrogens is 280 g/mol. The normalized spacial score (nSPS) is 48.5. The van der Waals surface area contributed by atoms with Crippen LogP contribution in [0.4, 0.5) is 0 Å². The van der Waals surface area contributed by atoms with Gasteiger partial charge in [0, 0.05) is 0 Å². The molecule has 4 saturated carbocycles. The minimum atomic E-state index is -1.06. The van der Waals surface area contributed by atoms with Crippen LogP contribution in [0.1, 0.15) is 46.5 Å². The van der Waals surface area contributed by atoms with Crippen molar-refractivity contribution >= 4 is 11.9 Å². The summed E-state index contributed by atoms with van der Waals surface area (Å²) in [5.74, 6) is 1.08. The second kappa shape index (κ2) is 3.70. The Labute approximate surface area is 131 Å². The highest BCUT2D eigenvalue weighted by Gasteiger charge is 2.90. The van der Waals surface area contributed by atoms with Gasteiger partial charge in [0.2, 0.25) is 0 Å². The molecule has 4 rings (SSSR count). The van der Waals surface area contributed by atoms with Gasteiger partial charge in [0.05, 0.1) is 14.2 Å². The molecule has 4 nitrogen and oxygen atoms in total. The number of hydrogen-bond donors (Lipinski definition) is 0. The topological polar surface area (TPSA) is 52.6 Å². The lowest BCUT2D eigenvalue weighted by Crippen LogP contribution is -2.43. The van der Waals surface area contributed by atoms with Gasteiger partial charge >= 0.3 is 11.9 Å². The maximum absolute atomic E-state index is 12.4. The molecule has 0 saturated heterocycles. The Morgan fingerprint density at radius 2 is 1.64 bits per heavy atom. The van der Waals surface area contributed by atoms with Crippen LogP contribution in [0.15, 0.2) is 0 Å². The van der Waals surface area contributed by atoms with Gasteiger partial charge in [-0.1, -0.05) is 20.8 Å². The standard InChI is InChI=1S/C18H26O4/c1-15(2)10-6-7-16(3)11-8-17(13(19)21-4,14(20)22-5)9-18(11,16)12(10)15/h10-12H,6-9H2,1-5H3/t10-,11+,12+,16+,18?/m1/s1. The number of carbonyl (C=O) groups excluding carboxylic acids is 2. The summed E-state index contributed by atoms with van der Waals surface area (Å²) in [5.41, 5.74) is -0.238. The van der Waals surface area contributed by atoms with Crippen molar-refractivity contribution in [3.63, 3.8) is 0 Å². The number of hydrogen-bond acceptors (Lipinski definition) is 4. The molecule has 4 heteroatoms. The Kier molecular flexibility index (Phi) is 2.45. The van der Waals surface area contributed by atoms with E-state index in [1.165, 1.54) is 27.1 Å². The first-order valence-electron chi connectivity index (χ1n) is 8.39.